The number of rotatable bonds is 10. The summed E-state index contributed by atoms with van der Waals surface area (Å²) in [4.78, 5) is 27.8. The Balaban J connectivity index is 2.03. The van der Waals surface area contributed by atoms with E-state index in [-0.39, 0.29) is 28.1 Å². The van der Waals surface area contributed by atoms with Gasteiger partial charge in [-0.1, -0.05) is 70.0 Å². The number of para-hydroxylation sites is 1. The van der Waals surface area contributed by atoms with E-state index in [1.54, 1.807) is 56.3 Å². The van der Waals surface area contributed by atoms with Crippen molar-refractivity contribution in [1.82, 2.24) is 10.2 Å². The molecule has 0 aliphatic rings. The smallest absolute Gasteiger partial charge is 0.264 e. The van der Waals surface area contributed by atoms with Crippen LogP contribution in [0.5, 0.6) is 0 Å². The van der Waals surface area contributed by atoms with Crippen LogP contribution in [0.4, 0.5) is 5.69 Å². The average Bonchev–Trinajstić information content (AvgIpc) is 2.86. The van der Waals surface area contributed by atoms with Gasteiger partial charge in [-0.2, -0.15) is 0 Å². The Morgan fingerprint density at radius 2 is 1.67 bits per heavy atom. The normalized spacial score (nSPS) is 12.0. The number of carbonyl (C=O) groups is 2. The first-order valence-electron chi connectivity index (χ1n) is 11.3. The van der Waals surface area contributed by atoms with Gasteiger partial charge in [0.2, 0.25) is 11.8 Å². The molecule has 0 saturated heterocycles. The first-order chi connectivity index (χ1) is 17.1. The third kappa shape index (κ3) is 6.66. The Morgan fingerprint density at radius 3 is 2.31 bits per heavy atom. The van der Waals surface area contributed by atoms with Gasteiger partial charge in [-0.15, -0.1) is 0 Å². The molecule has 36 heavy (non-hydrogen) atoms. The molecule has 3 rings (SSSR count). The zero-order chi connectivity index (χ0) is 26.3. The van der Waals surface area contributed by atoms with E-state index in [0.29, 0.717) is 6.54 Å². The lowest BCUT2D eigenvalue weighted by Crippen LogP contribution is -2.51. The van der Waals surface area contributed by atoms with Crippen LogP contribution in [0.25, 0.3) is 0 Å². The van der Waals surface area contributed by atoms with E-state index in [4.69, 9.17) is 11.6 Å². The topological polar surface area (TPSA) is 86.8 Å². The predicted octanol–water partition coefficient (Wildman–Crippen LogP) is 4.85. The summed E-state index contributed by atoms with van der Waals surface area (Å²) >= 11 is 9.80. The summed E-state index contributed by atoms with van der Waals surface area (Å²) in [5.41, 5.74) is 0.952. The number of amides is 2. The Labute approximate surface area is 225 Å². The summed E-state index contributed by atoms with van der Waals surface area (Å²) in [5, 5.41) is 2.91. The van der Waals surface area contributed by atoms with E-state index < -0.39 is 28.5 Å². The highest BCUT2D eigenvalue weighted by Gasteiger charge is 2.33. The second-order valence-corrected chi connectivity index (χ2v) is 11.2. The van der Waals surface area contributed by atoms with Crippen molar-refractivity contribution in [2.24, 2.45) is 0 Å². The molecule has 0 aliphatic heterocycles. The van der Waals surface area contributed by atoms with Gasteiger partial charge in [0.15, 0.2) is 0 Å². The number of sulfonamides is 1. The second-order valence-electron chi connectivity index (χ2n) is 8.00. The minimum absolute atomic E-state index is 0.0213. The zero-order valence-electron chi connectivity index (χ0n) is 19.9. The number of nitrogens with one attached hydrogen (secondary N) is 1. The van der Waals surface area contributed by atoms with Crippen LogP contribution >= 0.6 is 27.5 Å². The van der Waals surface area contributed by atoms with E-state index in [0.717, 1.165) is 14.3 Å². The molecule has 0 bridgehead atoms. The maximum Gasteiger partial charge on any atom is 0.264 e. The minimum Gasteiger partial charge on any atom is -0.355 e. The fourth-order valence-corrected chi connectivity index (χ4v) is 5.81. The summed E-state index contributed by atoms with van der Waals surface area (Å²) in [7, 11) is -4.15. The van der Waals surface area contributed by atoms with E-state index in [2.05, 4.69) is 21.2 Å². The molecule has 0 heterocycles. The van der Waals surface area contributed by atoms with Crippen LogP contribution in [-0.2, 0) is 26.2 Å². The van der Waals surface area contributed by atoms with Gasteiger partial charge >= 0.3 is 0 Å². The molecular weight excluding hydrogens is 566 g/mol. The summed E-state index contributed by atoms with van der Waals surface area (Å²) in [6.45, 7) is 3.37. The molecule has 1 N–H and O–H groups in total. The van der Waals surface area contributed by atoms with Crippen LogP contribution in [0.15, 0.2) is 88.2 Å². The maximum absolute atomic E-state index is 13.7. The van der Waals surface area contributed by atoms with Gasteiger partial charge in [-0.05, 0) is 55.8 Å². The van der Waals surface area contributed by atoms with Gasteiger partial charge in [0.05, 0.1) is 15.6 Å². The first-order valence-corrected chi connectivity index (χ1v) is 13.9. The van der Waals surface area contributed by atoms with Crippen LogP contribution in [0.2, 0.25) is 5.02 Å². The average molecular weight is 593 g/mol. The van der Waals surface area contributed by atoms with Crippen molar-refractivity contribution in [1.29, 1.82) is 0 Å². The quantitative estimate of drug-likeness (QED) is 0.365. The Hall–Kier alpha value is -2.88. The molecule has 3 aromatic rings. The molecule has 0 saturated carbocycles. The van der Waals surface area contributed by atoms with Gasteiger partial charge in [0, 0.05) is 17.6 Å². The van der Waals surface area contributed by atoms with Gasteiger partial charge in [0.25, 0.3) is 10.0 Å². The lowest BCUT2D eigenvalue weighted by Gasteiger charge is -2.32. The molecule has 0 fully saturated rings. The van der Waals surface area contributed by atoms with Gasteiger partial charge in [-0.3, -0.25) is 13.9 Å². The summed E-state index contributed by atoms with van der Waals surface area (Å²) in [6, 6.07) is 20.8. The molecule has 190 valence electrons. The highest BCUT2D eigenvalue weighted by atomic mass is 79.9. The van der Waals surface area contributed by atoms with Crippen molar-refractivity contribution in [2.75, 3.05) is 17.4 Å². The number of hydrogen-bond acceptors (Lipinski definition) is 4. The van der Waals surface area contributed by atoms with E-state index in [1.807, 2.05) is 24.3 Å². The Morgan fingerprint density at radius 1 is 1.00 bits per heavy atom. The number of anilines is 1. The number of benzene rings is 3. The molecule has 3 aromatic carbocycles. The molecule has 2 amide bonds. The van der Waals surface area contributed by atoms with Crippen molar-refractivity contribution < 1.29 is 18.0 Å². The van der Waals surface area contributed by atoms with Crippen molar-refractivity contribution in [3.8, 4) is 0 Å². The largest absolute Gasteiger partial charge is 0.355 e. The summed E-state index contributed by atoms with van der Waals surface area (Å²) < 4.78 is 29.1. The summed E-state index contributed by atoms with van der Waals surface area (Å²) in [5.74, 6) is -0.885. The number of hydrogen-bond donors (Lipinski definition) is 1. The monoisotopic (exact) mass is 591 g/mol. The van der Waals surface area contributed by atoms with Crippen LogP contribution in [0, 0.1) is 0 Å². The highest BCUT2D eigenvalue weighted by molar-refractivity contribution is 9.10. The molecule has 0 unspecified atom stereocenters. The SMILES string of the molecule is CCNC(=O)[C@H](C)N(Cc1cccc(Br)c1)C(=O)CN(c1ccccc1Cl)S(=O)(=O)c1ccccc1. The van der Waals surface area contributed by atoms with Crippen molar-refractivity contribution in [3.63, 3.8) is 0 Å². The predicted molar refractivity (Wildman–Crippen MR) is 145 cm³/mol. The number of nitrogens with zero attached hydrogens (tertiary/aromatic N) is 2. The Bertz CT molecular complexity index is 1320. The fraction of sp³-hybridized carbons (Fsp3) is 0.231. The standard InChI is InChI=1S/C26H27BrClN3O4S/c1-3-29-26(33)19(2)30(17-20-10-9-11-21(27)16-20)25(32)18-31(24-15-8-7-14-23(24)28)36(34,35)22-12-5-4-6-13-22/h4-16,19H,3,17-18H2,1-2H3,(H,29,33)/t19-/m0/s1. The van der Waals surface area contributed by atoms with Crippen molar-refractivity contribution >= 4 is 55.1 Å². The number of halogens is 2. The second kappa shape index (κ2) is 12.4. The van der Waals surface area contributed by atoms with Gasteiger partial charge in [0.1, 0.15) is 12.6 Å². The zero-order valence-corrected chi connectivity index (χ0v) is 23.1. The maximum atomic E-state index is 13.7. The molecule has 0 aliphatic carbocycles. The first kappa shape index (κ1) is 27.7. The summed E-state index contributed by atoms with van der Waals surface area (Å²) in [6.07, 6.45) is 0. The molecule has 10 heteroatoms. The van der Waals surface area contributed by atoms with Crippen LogP contribution in [-0.4, -0.2) is 44.3 Å². The fourth-order valence-electron chi connectivity index (χ4n) is 3.62. The number of carbonyl (C=O) groups excluding carboxylic acids is 2. The highest BCUT2D eigenvalue weighted by Crippen LogP contribution is 2.30. The third-order valence-electron chi connectivity index (χ3n) is 5.49. The van der Waals surface area contributed by atoms with Crippen molar-refractivity contribution in [2.45, 2.75) is 31.3 Å². The van der Waals surface area contributed by atoms with E-state index in [1.165, 1.54) is 17.0 Å². The Kier molecular flexibility index (Phi) is 9.53. The molecular formula is C26H27BrClN3O4S. The lowest BCUT2D eigenvalue weighted by atomic mass is 10.1. The number of likely N-dealkylation sites (N-methyl/N-ethyl adjacent to an activating group) is 1. The van der Waals surface area contributed by atoms with Gasteiger partial charge in [-0.25, -0.2) is 8.42 Å². The molecule has 1 atom stereocenters. The third-order valence-corrected chi connectivity index (χ3v) is 8.08. The molecule has 7 nitrogen and oxygen atoms in total. The molecule has 0 spiro atoms. The van der Waals surface area contributed by atoms with Crippen LogP contribution in [0.1, 0.15) is 19.4 Å². The van der Waals surface area contributed by atoms with Crippen molar-refractivity contribution in [3.05, 3.63) is 93.9 Å². The molecule has 0 aromatic heterocycles. The van der Waals surface area contributed by atoms with Gasteiger partial charge < -0.3 is 10.2 Å². The lowest BCUT2D eigenvalue weighted by molar-refractivity contribution is -0.139. The van der Waals surface area contributed by atoms with E-state index >= 15 is 0 Å². The minimum atomic E-state index is -4.15. The van der Waals surface area contributed by atoms with Crippen LogP contribution < -0.4 is 9.62 Å². The molecule has 0 radical (unpaired) electrons. The van der Waals surface area contributed by atoms with E-state index in [9.17, 15) is 18.0 Å². The van der Waals surface area contributed by atoms with Crippen LogP contribution in [0.3, 0.4) is 0 Å².